The molecule has 1 atom stereocenters. The molecular weight excluding hydrogens is 258 g/mol. The molecule has 0 aliphatic heterocycles. The second kappa shape index (κ2) is 8.15. The quantitative estimate of drug-likeness (QED) is 0.494. The highest BCUT2D eigenvalue weighted by Crippen LogP contribution is 2.42. The van der Waals surface area contributed by atoms with Crippen LogP contribution < -0.4 is 5.32 Å². The number of hydrogen-bond acceptors (Lipinski definition) is 4. The Labute approximate surface area is 122 Å². The van der Waals surface area contributed by atoms with Crippen molar-refractivity contribution < 1.29 is 9.53 Å². The molecule has 1 aliphatic rings. The molecule has 0 amide bonds. The molecule has 0 spiro atoms. The van der Waals surface area contributed by atoms with Crippen molar-refractivity contribution in [2.45, 2.75) is 65.0 Å². The first-order chi connectivity index (χ1) is 9.06. The fraction of sp³-hybridized carbons (Fsp3) is 0.933. The van der Waals surface area contributed by atoms with Crippen LogP contribution in [0.2, 0.25) is 0 Å². The third-order valence-electron chi connectivity index (χ3n) is 3.43. The van der Waals surface area contributed by atoms with Crippen LogP contribution in [0.1, 0.15) is 53.4 Å². The Hall–Kier alpha value is -0.220. The van der Waals surface area contributed by atoms with Gasteiger partial charge in [0, 0.05) is 11.8 Å². The van der Waals surface area contributed by atoms with Crippen LogP contribution in [0.25, 0.3) is 0 Å². The van der Waals surface area contributed by atoms with E-state index in [2.05, 4.69) is 26.1 Å². The number of ether oxygens (including phenoxy) is 1. The van der Waals surface area contributed by atoms with Gasteiger partial charge in [0.15, 0.2) is 0 Å². The molecule has 1 N–H and O–H groups in total. The average Bonchev–Trinajstić information content (AvgIpc) is 3.17. The first kappa shape index (κ1) is 16.8. The number of carbonyl (C=O) groups is 1. The lowest BCUT2D eigenvalue weighted by Crippen LogP contribution is -2.59. The van der Waals surface area contributed by atoms with E-state index in [-0.39, 0.29) is 5.97 Å². The van der Waals surface area contributed by atoms with Crippen molar-refractivity contribution in [2.24, 2.45) is 5.92 Å². The van der Waals surface area contributed by atoms with E-state index < -0.39 is 5.54 Å². The van der Waals surface area contributed by atoms with Crippen molar-refractivity contribution in [3.63, 3.8) is 0 Å². The maximum atomic E-state index is 12.4. The van der Waals surface area contributed by atoms with Gasteiger partial charge in [0.05, 0.1) is 6.61 Å². The maximum absolute atomic E-state index is 12.4. The van der Waals surface area contributed by atoms with E-state index in [9.17, 15) is 4.79 Å². The SMILES string of the molecule is CCCCSCC(NC(C)C)(C(=O)OCC)C1CC1. The van der Waals surface area contributed by atoms with Gasteiger partial charge in [-0.15, -0.1) is 0 Å². The van der Waals surface area contributed by atoms with Gasteiger partial charge in [-0.2, -0.15) is 11.8 Å². The number of esters is 1. The summed E-state index contributed by atoms with van der Waals surface area (Å²) in [4.78, 5) is 12.4. The molecule has 0 aromatic carbocycles. The van der Waals surface area contributed by atoms with Gasteiger partial charge in [0.2, 0.25) is 0 Å². The van der Waals surface area contributed by atoms with Gasteiger partial charge >= 0.3 is 5.97 Å². The molecule has 0 saturated heterocycles. The molecule has 0 aromatic rings. The van der Waals surface area contributed by atoms with Gasteiger partial charge in [-0.25, -0.2) is 0 Å². The summed E-state index contributed by atoms with van der Waals surface area (Å²) >= 11 is 1.89. The smallest absolute Gasteiger partial charge is 0.327 e. The van der Waals surface area contributed by atoms with Gasteiger partial charge in [-0.05, 0) is 51.7 Å². The molecule has 112 valence electrons. The molecule has 0 bridgehead atoms. The van der Waals surface area contributed by atoms with E-state index in [4.69, 9.17) is 4.74 Å². The fourth-order valence-corrected chi connectivity index (χ4v) is 3.79. The van der Waals surface area contributed by atoms with Crippen LogP contribution in [-0.2, 0) is 9.53 Å². The molecule has 0 radical (unpaired) electrons. The van der Waals surface area contributed by atoms with E-state index >= 15 is 0 Å². The Morgan fingerprint density at radius 1 is 1.42 bits per heavy atom. The lowest BCUT2D eigenvalue weighted by molar-refractivity contribution is -0.151. The first-order valence-electron chi connectivity index (χ1n) is 7.59. The summed E-state index contributed by atoms with van der Waals surface area (Å²) in [5, 5.41) is 3.52. The van der Waals surface area contributed by atoms with Crippen molar-refractivity contribution in [3.8, 4) is 0 Å². The Kier molecular flexibility index (Phi) is 7.22. The van der Waals surface area contributed by atoms with E-state index in [0.717, 1.165) is 24.3 Å². The molecule has 1 aliphatic carbocycles. The summed E-state index contributed by atoms with van der Waals surface area (Å²) in [7, 11) is 0. The zero-order valence-corrected chi connectivity index (χ0v) is 13.6. The number of hydrogen-bond donors (Lipinski definition) is 1. The zero-order chi connectivity index (χ0) is 14.3. The third kappa shape index (κ3) is 4.99. The highest BCUT2D eigenvalue weighted by molar-refractivity contribution is 7.99. The summed E-state index contributed by atoms with van der Waals surface area (Å²) in [6, 6.07) is 0.303. The fourth-order valence-electron chi connectivity index (χ4n) is 2.39. The lowest BCUT2D eigenvalue weighted by atomic mass is 9.94. The minimum absolute atomic E-state index is 0.0461. The summed E-state index contributed by atoms with van der Waals surface area (Å²) in [6.45, 7) is 8.76. The van der Waals surface area contributed by atoms with E-state index in [1.807, 2.05) is 18.7 Å². The molecule has 19 heavy (non-hydrogen) atoms. The normalized spacial score (nSPS) is 18.4. The van der Waals surface area contributed by atoms with Crippen molar-refractivity contribution >= 4 is 17.7 Å². The van der Waals surface area contributed by atoms with Crippen LogP contribution in [0.4, 0.5) is 0 Å². The van der Waals surface area contributed by atoms with Crippen LogP contribution >= 0.6 is 11.8 Å². The van der Waals surface area contributed by atoms with Gasteiger partial charge in [-0.1, -0.05) is 13.3 Å². The van der Waals surface area contributed by atoms with Crippen molar-refractivity contribution in [2.75, 3.05) is 18.1 Å². The average molecular weight is 287 g/mol. The molecule has 3 nitrogen and oxygen atoms in total. The minimum atomic E-state index is -0.456. The predicted octanol–water partition coefficient (Wildman–Crippen LogP) is 3.23. The Morgan fingerprint density at radius 3 is 2.58 bits per heavy atom. The summed E-state index contributed by atoms with van der Waals surface area (Å²) in [5.41, 5.74) is -0.456. The molecule has 1 saturated carbocycles. The van der Waals surface area contributed by atoms with Gasteiger partial charge in [0.25, 0.3) is 0 Å². The van der Waals surface area contributed by atoms with Crippen LogP contribution in [-0.4, -0.2) is 35.7 Å². The Morgan fingerprint density at radius 2 is 2.11 bits per heavy atom. The van der Waals surface area contributed by atoms with E-state index in [1.165, 1.54) is 12.8 Å². The molecule has 4 heteroatoms. The van der Waals surface area contributed by atoms with Gasteiger partial charge in [-0.3, -0.25) is 10.1 Å². The molecule has 1 rings (SSSR count). The molecule has 0 aromatic heterocycles. The molecule has 1 unspecified atom stereocenters. The monoisotopic (exact) mass is 287 g/mol. The summed E-state index contributed by atoms with van der Waals surface area (Å²) < 4.78 is 5.35. The van der Waals surface area contributed by atoms with Crippen molar-refractivity contribution in [3.05, 3.63) is 0 Å². The van der Waals surface area contributed by atoms with Crippen LogP contribution in [0.3, 0.4) is 0 Å². The van der Waals surface area contributed by atoms with Gasteiger partial charge < -0.3 is 4.74 Å². The molecule has 0 heterocycles. The third-order valence-corrected chi connectivity index (χ3v) is 4.67. The largest absolute Gasteiger partial charge is 0.465 e. The molecule has 1 fully saturated rings. The second-order valence-corrected chi connectivity index (χ2v) is 6.78. The second-order valence-electron chi connectivity index (χ2n) is 5.67. The number of nitrogens with one attached hydrogen (secondary N) is 1. The number of unbranched alkanes of at least 4 members (excludes halogenated alkanes) is 1. The van der Waals surface area contributed by atoms with Crippen LogP contribution in [0.15, 0.2) is 0 Å². The number of rotatable bonds is 10. The summed E-state index contributed by atoms with van der Waals surface area (Å²) in [5.74, 6) is 2.39. The van der Waals surface area contributed by atoms with Crippen LogP contribution in [0, 0.1) is 5.92 Å². The summed E-state index contributed by atoms with van der Waals surface area (Å²) in [6.07, 6.45) is 4.72. The van der Waals surface area contributed by atoms with Crippen molar-refractivity contribution in [1.29, 1.82) is 0 Å². The number of thioether (sulfide) groups is 1. The minimum Gasteiger partial charge on any atom is -0.465 e. The van der Waals surface area contributed by atoms with Crippen molar-refractivity contribution in [1.82, 2.24) is 5.32 Å². The van der Waals surface area contributed by atoms with Gasteiger partial charge in [0.1, 0.15) is 5.54 Å². The van der Waals surface area contributed by atoms with E-state index in [1.54, 1.807) is 0 Å². The highest BCUT2D eigenvalue weighted by atomic mass is 32.2. The van der Waals surface area contributed by atoms with Crippen LogP contribution in [0.5, 0.6) is 0 Å². The first-order valence-corrected chi connectivity index (χ1v) is 8.75. The topological polar surface area (TPSA) is 38.3 Å². The Balaban J connectivity index is 2.70. The lowest BCUT2D eigenvalue weighted by Gasteiger charge is -2.34. The maximum Gasteiger partial charge on any atom is 0.327 e. The zero-order valence-electron chi connectivity index (χ0n) is 12.8. The standard InChI is InChI=1S/C15H29NO2S/c1-5-7-10-19-11-15(13-8-9-13,16-12(3)4)14(17)18-6-2/h12-13,16H,5-11H2,1-4H3. The Bertz CT molecular complexity index is 279. The highest BCUT2D eigenvalue weighted by Gasteiger charge is 2.52. The number of carbonyl (C=O) groups excluding carboxylic acids is 1. The predicted molar refractivity (Wildman–Crippen MR) is 82.6 cm³/mol. The molecular formula is C15H29NO2S. The van der Waals surface area contributed by atoms with E-state index in [0.29, 0.717) is 18.6 Å².